The Labute approximate surface area is 203 Å². The molecule has 4 rings (SSSR count). The maximum Gasteiger partial charge on any atom is 0.322 e. The minimum atomic E-state index is -0.653. The van der Waals surface area contributed by atoms with E-state index in [2.05, 4.69) is 15.5 Å². The van der Waals surface area contributed by atoms with Gasteiger partial charge in [-0.15, -0.1) is 0 Å². The van der Waals surface area contributed by atoms with Crippen LogP contribution in [0.5, 0.6) is 5.75 Å². The average molecular weight is 481 g/mol. The van der Waals surface area contributed by atoms with Gasteiger partial charge in [-0.3, -0.25) is 4.90 Å². The molecule has 3 aromatic rings. The van der Waals surface area contributed by atoms with Gasteiger partial charge in [-0.05, 0) is 57.0 Å². The molecule has 2 aromatic carbocycles. The van der Waals surface area contributed by atoms with E-state index < -0.39 is 11.9 Å². The van der Waals surface area contributed by atoms with Crippen LogP contribution in [0, 0.1) is 5.82 Å². The lowest BCUT2D eigenvalue weighted by atomic mass is 9.94. The molecule has 0 saturated carbocycles. The molecule has 35 heavy (non-hydrogen) atoms. The van der Waals surface area contributed by atoms with Gasteiger partial charge in [-0.25, -0.2) is 9.18 Å². The molecule has 0 bridgehead atoms. The summed E-state index contributed by atoms with van der Waals surface area (Å²) in [5, 5.41) is 7.13. The Morgan fingerprint density at radius 1 is 1.20 bits per heavy atom. The van der Waals surface area contributed by atoms with E-state index in [0.29, 0.717) is 48.0 Å². The van der Waals surface area contributed by atoms with Crippen LogP contribution in [0.15, 0.2) is 58.8 Å². The number of urea groups is 1. The van der Waals surface area contributed by atoms with Gasteiger partial charge in [0, 0.05) is 24.4 Å². The fourth-order valence-corrected chi connectivity index (χ4v) is 4.02. The number of nitrogens with one attached hydrogen (secondary N) is 1. The van der Waals surface area contributed by atoms with Gasteiger partial charge in [-0.1, -0.05) is 29.4 Å². The third-order valence-electron chi connectivity index (χ3n) is 5.74. The van der Waals surface area contributed by atoms with Gasteiger partial charge in [-0.2, -0.15) is 4.98 Å². The smallest absolute Gasteiger partial charge is 0.322 e. The van der Waals surface area contributed by atoms with Crippen molar-refractivity contribution in [1.29, 1.82) is 0 Å². The van der Waals surface area contributed by atoms with Crippen LogP contribution < -0.4 is 10.1 Å². The van der Waals surface area contributed by atoms with Gasteiger partial charge in [0.15, 0.2) is 0 Å². The quantitative estimate of drug-likeness (QED) is 0.424. The van der Waals surface area contributed by atoms with E-state index in [9.17, 15) is 9.18 Å². The van der Waals surface area contributed by atoms with Crippen molar-refractivity contribution in [2.75, 3.05) is 20.3 Å². The Hall–Kier alpha value is -3.72. The number of ether oxygens (including phenoxy) is 2. The molecule has 9 heteroatoms. The van der Waals surface area contributed by atoms with Gasteiger partial charge in [0.25, 0.3) is 5.89 Å². The monoisotopic (exact) mass is 480 g/mol. The first-order valence-corrected chi connectivity index (χ1v) is 11.5. The number of rotatable bonds is 9. The summed E-state index contributed by atoms with van der Waals surface area (Å²) in [7, 11) is 1.59. The number of hydrogen-bond donors (Lipinski definition) is 1. The number of aromatic nitrogens is 2. The Kier molecular flexibility index (Phi) is 7.45. The second-order valence-electron chi connectivity index (χ2n) is 8.52. The van der Waals surface area contributed by atoms with E-state index in [-0.39, 0.29) is 18.0 Å². The summed E-state index contributed by atoms with van der Waals surface area (Å²) in [6.07, 6.45) is 0.767. The van der Waals surface area contributed by atoms with Crippen molar-refractivity contribution in [1.82, 2.24) is 20.4 Å². The largest absolute Gasteiger partial charge is 0.497 e. The second-order valence-corrected chi connectivity index (χ2v) is 8.52. The normalized spacial score (nSPS) is 16.1. The maximum atomic E-state index is 14.1. The summed E-state index contributed by atoms with van der Waals surface area (Å²) in [6, 6.07) is 12.5. The van der Waals surface area contributed by atoms with Crippen molar-refractivity contribution in [3.8, 4) is 17.1 Å². The summed E-state index contributed by atoms with van der Waals surface area (Å²) in [5.74, 6) is 0.898. The summed E-state index contributed by atoms with van der Waals surface area (Å²) in [6.45, 7) is 6.74. The van der Waals surface area contributed by atoms with Gasteiger partial charge >= 0.3 is 6.03 Å². The molecule has 1 aliphatic heterocycles. The van der Waals surface area contributed by atoms with Crippen molar-refractivity contribution < 1.29 is 23.2 Å². The number of amides is 2. The number of carbonyl (C=O) groups excluding carboxylic acids is 1. The van der Waals surface area contributed by atoms with Gasteiger partial charge < -0.3 is 19.3 Å². The van der Waals surface area contributed by atoms with Gasteiger partial charge in [0.05, 0.1) is 24.8 Å². The van der Waals surface area contributed by atoms with Crippen LogP contribution in [-0.4, -0.2) is 47.4 Å². The minimum Gasteiger partial charge on any atom is -0.497 e. The molecular weight excluding hydrogens is 451 g/mol. The van der Waals surface area contributed by atoms with Crippen molar-refractivity contribution in [3.63, 3.8) is 0 Å². The Balaban J connectivity index is 1.72. The third kappa shape index (κ3) is 5.51. The minimum absolute atomic E-state index is 0.114. The third-order valence-corrected chi connectivity index (χ3v) is 5.74. The molecule has 1 aliphatic rings. The van der Waals surface area contributed by atoms with Crippen LogP contribution in [0.25, 0.3) is 17.0 Å². The van der Waals surface area contributed by atoms with Crippen LogP contribution in [-0.2, 0) is 4.74 Å². The lowest BCUT2D eigenvalue weighted by molar-refractivity contribution is 0.0736. The highest BCUT2D eigenvalue weighted by molar-refractivity contribution is 5.86. The van der Waals surface area contributed by atoms with E-state index in [4.69, 9.17) is 14.0 Å². The van der Waals surface area contributed by atoms with Crippen molar-refractivity contribution >= 4 is 11.6 Å². The van der Waals surface area contributed by atoms with Crippen LogP contribution >= 0.6 is 0 Å². The SMILES string of the molecule is COc1cccc(-c2noc(C3=C(C)N(CCCOC(C)C)C(=O)NC3c3cccc(F)c3)n2)c1. The first-order valence-electron chi connectivity index (χ1n) is 11.5. The topological polar surface area (TPSA) is 89.7 Å². The molecular formula is C26H29FN4O4. The maximum absolute atomic E-state index is 14.1. The molecule has 1 aromatic heterocycles. The molecule has 0 fully saturated rings. The fraction of sp³-hybridized carbons (Fsp3) is 0.346. The zero-order valence-electron chi connectivity index (χ0n) is 20.2. The first kappa shape index (κ1) is 24.4. The molecule has 0 spiro atoms. The van der Waals surface area contributed by atoms with E-state index in [1.165, 1.54) is 12.1 Å². The fourth-order valence-electron chi connectivity index (χ4n) is 4.02. The molecule has 2 amide bonds. The summed E-state index contributed by atoms with van der Waals surface area (Å²) < 4.78 is 30.7. The molecule has 1 N–H and O–H groups in total. The van der Waals surface area contributed by atoms with Crippen LogP contribution in [0.4, 0.5) is 9.18 Å². The van der Waals surface area contributed by atoms with E-state index >= 15 is 0 Å². The predicted octanol–water partition coefficient (Wildman–Crippen LogP) is 5.20. The summed E-state index contributed by atoms with van der Waals surface area (Å²) >= 11 is 0. The molecule has 0 saturated heterocycles. The Morgan fingerprint density at radius 3 is 2.74 bits per heavy atom. The number of benzene rings is 2. The number of nitrogens with zero attached hydrogens (tertiary/aromatic N) is 3. The van der Waals surface area contributed by atoms with Crippen LogP contribution in [0.1, 0.15) is 44.7 Å². The molecule has 0 aliphatic carbocycles. The Morgan fingerprint density at radius 2 is 2.00 bits per heavy atom. The standard InChI is InChI=1S/C26H29FN4O4/c1-16(2)34-13-7-12-31-17(3)22(23(28-26(31)32)18-8-5-10-20(27)14-18)25-29-24(30-35-25)19-9-6-11-21(15-19)33-4/h5-6,8-11,14-16,23H,7,12-13H2,1-4H3,(H,28,32). The summed E-state index contributed by atoms with van der Waals surface area (Å²) in [4.78, 5) is 19.3. The number of allylic oxidation sites excluding steroid dienone is 1. The first-order chi connectivity index (χ1) is 16.9. The Bertz CT molecular complexity index is 1220. The second kappa shape index (κ2) is 10.7. The van der Waals surface area contributed by atoms with Crippen LogP contribution in [0.3, 0.4) is 0 Å². The highest BCUT2D eigenvalue weighted by Gasteiger charge is 2.35. The number of methoxy groups -OCH3 is 1. The molecule has 1 unspecified atom stereocenters. The highest BCUT2D eigenvalue weighted by Crippen LogP contribution is 2.37. The predicted molar refractivity (Wildman–Crippen MR) is 129 cm³/mol. The zero-order valence-corrected chi connectivity index (χ0v) is 20.2. The number of halogens is 1. The number of hydrogen-bond acceptors (Lipinski definition) is 6. The summed E-state index contributed by atoms with van der Waals surface area (Å²) in [5.41, 5.74) is 2.58. The number of carbonyl (C=O) groups is 1. The van der Waals surface area contributed by atoms with Gasteiger partial charge in [0.2, 0.25) is 5.82 Å². The average Bonchev–Trinajstić information content (AvgIpc) is 3.32. The molecule has 1 atom stereocenters. The van der Waals surface area contributed by atoms with Gasteiger partial charge in [0.1, 0.15) is 11.6 Å². The van der Waals surface area contributed by atoms with Crippen molar-refractivity contribution in [2.24, 2.45) is 0 Å². The van der Waals surface area contributed by atoms with E-state index in [1.807, 2.05) is 45.0 Å². The molecule has 2 heterocycles. The molecule has 8 nitrogen and oxygen atoms in total. The lowest BCUT2D eigenvalue weighted by Gasteiger charge is -2.35. The van der Waals surface area contributed by atoms with Crippen molar-refractivity contribution in [2.45, 2.75) is 39.3 Å². The van der Waals surface area contributed by atoms with E-state index in [0.717, 1.165) is 5.56 Å². The molecule has 0 radical (unpaired) electrons. The van der Waals surface area contributed by atoms with E-state index in [1.54, 1.807) is 24.1 Å². The molecule has 184 valence electrons. The zero-order chi connectivity index (χ0) is 24.9. The highest BCUT2D eigenvalue weighted by atomic mass is 19.1. The van der Waals surface area contributed by atoms with Crippen LogP contribution in [0.2, 0.25) is 0 Å². The van der Waals surface area contributed by atoms with Crippen molar-refractivity contribution in [3.05, 3.63) is 71.5 Å². The lowest BCUT2D eigenvalue weighted by Crippen LogP contribution is -2.46.